The van der Waals surface area contributed by atoms with E-state index >= 15 is 0 Å². The van der Waals surface area contributed by atoms with Crippen molar-refractivity contribution in [3.05, 3.63) is 42.0 Å². The van der Waals surface area contributed by atoms with Gasteiger partial charge >= 0.3 is 0 Å². The summed E-state index contributed by atoms with van der Waals surface area (Å²) in [6, 6.07) is 10.3. The zero-order valence-electron chi connectivity index (χ0n) is 15.3. The first-order chi connectivity index (χ1) is 12.6. The predicted octanol–water partition coefficient (Wildman–Crippen LogP) is 2.99. The van der Waals surface area contributed by atoms with Gasteiger partial charge in [0.1, 0.15) is 12.4 Å². The van der Waals surface area contributed by atoms with Gasteiger partial charge in [0, 0.05) is 24.4 Å². The maximum absolute atomic E-state index is 12.6. The number of carbonyl (C=O) groups excluding carboxylic acids is 1. The Morgan fingerprint density at radius 2 is 1.62 bits per heavy atom. The highest BCUT2D eigenvalue weighted by Crippen LogP contribution is 2.38. The minimum absolute atomic E-state index is 0.307. The number of benzene rings is 2. The Kier molecular flexibility index (Phi) is 7.11. The molecule has 0 fully saturated rings. The quantitative estimate of drug-likeness (QED) is 0.692. The summed E-state index contributed by atoms with van der Waals surface area (Å²) in [6.45, 7) is 0.919. The van der Waals surface area contributed by atoms with E-state index in [1.54, 1.807) is 37.4 Å². The minimum Gasteiger partial charge on any atom is -0.493 e. The van der Waals surface area contributed by atoms with Gasteiger partial charge < -0.3 is 29.0 Å². The number of amides is 1. The molecule has 2 aromatic carbocycles. The van der Waals surface area contributed by atoms with Gasteiger partial charge in [0.2, 0.25) is 5.75 Å². The average molecular weight is 361 g/mol. The van der Waals surface area contributed by atoms with Crippen molar-refractivity contribution in [1.29, 1.82) is 0 Å². The van der Waals surface area contributed by atoms with Gasteiger partial charge in [-0.25, -0.2) is 0 Å². The topological polar surface area (TPSA) is 75.3 Å². The van der Waals surface area contributed by atoms with E-state index in [2.05, 4.69) is 5.32 Å². The highest BCUT2D eigenvalue weighted by molar-refractivity contribution is 6.05. The molecule has 7 heteroatoms. The monoisotopic (exact) mass is 361 g/mol. The first-order valence-electron chi connectivity index (χ1n) is 7.96. The normalized spacial score (nSPS) is 10.2. The molecular formula is C19H23NO6. The molecule has 0 heterocycles. The Labute approximate surface area is 152 Å². The SMILES string of the molecule is COCCOc1cccc(NC(=O)c2cc(OC)c(OC)c(OC)c2)c1. The van der Waals surface area contributed by atoms with Crippen LogP contribution in [0.4, 0.5) is 5.69 Å². The summed E-state index contributed by atoms with van der Waals surface area (Å²) >= 11 is 0. The van der Waals surface area contributed by atoms with Crippen LogP contribution in [-0.4, -0.2) is 47.6 Å². The second kappa shape index (κ2) is 9.53. The molecule has 140 valence electrons. The van der Waals surface area contributed by atoms with Gasteiger partial charge in [-0.1, -0.05) is 6.07 Å². The van der Waals surface area contributed by atoms with Crippen molar-refractivity contribution in [2.24, 2.45) is 0 Å². The van der Waals surface area contributed by atoms with Gasteiger partial charge in [0.25, 0.3) is 5.91 Å². The summed E-state index contributed by atoms with van der Waals surface area (Å²) in [4.78, 5) is 12.6. The molecule has 0 aliphatic rings. The third-order valence-corrected chi connectivity index (χ3v) is 3.58. The van der Waals surface area contributed by atoms with Crippen LogP contribution in [0.3, 0.4) is 0 Å². The second-order valence-corrected chi connectivity index (χ2v) is 5.24. The summed E-state index contributed by atoms with van der Waals surface area (Å²) in [7, 11) is 6.12. The zero-order chi connectivity index (χ0) is 18.9. The van der Waals surface area contributed by atoms with Gasteiger partial charge in [0.15, 0.2) is 11.5 Å². The molecule has 0 unspecified atom stereocenters. The lowest BCUT2D eigenvalue weighted by Crippen LogP contribution is -2.13. The Morgan fingerprint density at radius 3 is 2.19 bits per heavy atom. The third kappa shape index (κ3) is 4.80. The van der Waals surface area contributed by atoms with Gasteiger partial charge in [-0.3, -0.25) is 4.79 Å². The van der Waals surface area contributed by atoms with E-state index in [-0.39, 0.29) is 5.91 Å². The van der Waals surface area contributed by atoms with E-state index < -0.39 is 0 Å². The van der Waals surface area contributed by atoms with E-state index in [0.717, 1.165) is 0 Å². The van der Waals surface area contributed by atoms with E-state index in [4.69, 9.17) is 23.7 Å². The molecule has 1 N–H and O–H groups in total. The summed E-state index contributed by atoms with van der Waals surface area (Å²) in [5, 5.41) is 2.83. The van der Waals surface area contributed by atoms with Crippen LogP contribution in [0.2, 0.25) is 0 Å². The number of hydrogen-bond donors (Lipinski definition) is 1. The number of carbonyl (C=O) groups is 1. The molecule has 0 aliphatic carbocycles. The van der Waals surface area contributed by atoms with Crippen molar-refractivity contribution >= 4 is 11.6 Å². The van der Waals surface area contributed by atoms with Gasteiger partial charge in [-0.2, -0.15) is 0 Å². The Bertz CT molecular complexity index is 722. The minimum atomic E-state index is -0.307. The van der Waals surface area contributed by atoms with Crippen molar-refractivity contribution in [3.63, 3.8) is 0 Å². The van der Waals surface area contributed by atoms with Gasteiger partial charge in [0.05, 0.1) is 27.9 Å². The van der Waals surface area contributed by atoms with Crippen LogP contribution in [0.15, 0.2) is 36.4 Å². The van der Waals surface area contributed by atoms with Crippen molar-refractivity contribution in [3.8, 4) is 23.0 Å². The number of rotatable bonds is 9. The standard InChI is InChI=1S/C19H23NO6/c1-22-8-9-26-15-7-5-6-14(12-15)20-19(21)13-10-16(23-2)18(25-4)17(11-13)24-3/h5-7,10-12H,8-9H2,1-4H3,(H,20,21). The smallest absolute Gasteiger partial charge is 0.255 e. The molecule has 0 saturated heterocycles. The molecule has 26 heavy (non-hydrogen) atoms. The molecular weight excluding hydrogens is 338 g/mol. The summed E-state index contributed by atoms with van der Waals surface area (Å²) in [5.41, 5.74) is 0.990. The van der Waals surface area contributed by atoms with Crippen molar-refractivity contribution < 1.29 is 28.5 Å². The molecule has 0 atom stereocenters. The van der Waals surface area contributed by atoms with Crippen LogP contribution in [0.1, 0.15) is 10.4 Å². The fraction of sp³-hybridized carbons (Fsp3) is 0.316. The van der Waals surface area contributed by atoms with Crippen LogP contribution >= 0.6 is 0 Å². The van der Waals surface area contributed by atoms with Crippen molar-refractivity contribution in [1.82, 2.24) is 0 Å². The number of methoxy groups -OCH3 is 4. The number of nitrogens with one attached hydrogen (secondary N) is 1. The number of hydrogen-bond acceptors (Lipinski definition) is 6. The second-order valence-electron chi connectivity index (χ2n) is 5.24. The Hall–Kier alpha value is -2.93. The number of ether oxygens (including phenoxy) is 5. The lowest BCUT2D eigenvalue weighted by molar-refractivity contribution is 0.102. The molecule has 1 amide bonds. The third-order valence-electron chi connectivity index (χ3n) is 3.58. The van der Waals surface area contributed by atoms with Gasteiger partial charge in [-0.15, -0.1) is 0 Å². The zero-order valence-corrected chi connectivity index (χ0v) is 15.3. The van der Waals surface area contributed by atoms with Crippen LogP contribution in [0.25, 0.3) is 0 Å². The number of anilines is 1. The Morgan fingerprint density at radius 1 is 0.923 bits per heavy atom. The van der Waals surface area contributed by atoms with Crippen LogP contribution in [0.5, 0.6) is 23.0 Å². The maximum Gasteiger partial charge on any atom is 0.255 e. The van der Waals surface area contributed by atoms with E-state index in [9.17, 15) is 4.79 Å². The molecule has 0 bridgehead atoms. The summed E-state index contributed by atoms with van der Waals surface area (Å²) in [5.74, 6) is 1.59. The van der Waals surface area contributed by atoms with E-state index in [1.165, 1.54) is 21.3 Å². The summed E-state index contributed by atoms with van der Waals surface area (Å²) in [6.07, 6.45) is 0. The molecule has 2 rings (SSSR count). The highest BCUT2D eigenvalue weighted by Gasteiger charge is 2.17. The van der Waals surface area contributed by atoms with E-state index in [1.807, 2.05) is 6.07 Å². The van der Waals surface area contributed by atoms with Crippen molar-refractivity contribution in [2.75, 3.05) is 47.0 Å². The van der Waals surface area contributed by atoms with Crippen LogP contribution in [-0.2, 0) is 4.74 Å². The molecule has 0 radical (unpaired) electrons. The average Bonchev–Trinajstić information content (AvgIpc) is 2.67. The van der Waals surface area contributed by atoms with Gasteiger partial charge in [-0.05, 0) is 24.3 Å². The highest BCUT2D eigenvalue weighted by atomic mass is 16.5. The summed E-state index contributed by atoms with van der Waals surface area (Å²) < 4.78 is 26.3. The van der Waals surface area contributed by atoms with Crippen LogP contribution < -0.4 is 24.3 Å². The lowest BCUT2D eigenvalue weighted by atomic mass is 10.1. The largest absolute Gasteiger partial charge is 0.493 e. The molecule has 0 saturated carbocycles. The first kappa shape index (κ1) is 19.4. The molecule has 0 aliphatic heterocycles. The molecule has 2 aromatic rings. The Balaban J connectivity index is 2.18. The fourth-order valence-corrected chi connectivity index (χ4v) is 2.32. The lowest BCUT2D eigenvalue weighted by Gasteiger charge is -2.14. The predicted molar refractivity (Wildman–Crippen MR) is 97.9 cm³/mol. The van der Waals surface area contributed by atoms with Crippen LogP contribution in [0, 0.1) is 0 Å². The van der Waals surface area contributed by atoms with E-state index in [0.29, 0.717) is 47.5 Å². The fourth-order valence-electron chi connectivity index (χ4n) is 2.32. The van der Waals surface area contributed by atoms with Crippen molar-refractivity contribution in [2.45, 2.75) is 0 Å². The molecule has 0 spiro atoms. The first-order valence-corrected chi connectivity index (χ1v) is 7.96. The molecule has 7 nitrogen and oxygen atoms in total. The molecule has 0 aromatic heterocycles. The maximum atomic E-state index is 12.6.